The number of nitrogens with one attached hydrogen (secondary N) is 1. The predicted molar refractivity (Wildman–Crippen MR) is 161 cm³/mol. The lowest BCUT2D eigenvalue weighted by molar-refractivity contribution is -0.140. The number of anilines is 1. The second kappa shape index (κ2) is 13.8. The van der Waals surface area contributed by atoms with Crippen LogP contribution in [-0.2, 0) is 26.2 Å². The molecule has 3 rings (SSSR count). The molecule has 3 aromatic rings. The van der Waals surface area contributed by atoms with Crippen LogP contribution >= 0.6 is 0 Å². The van der Waals surface area contributed by atoms with E-state index in [1.807, 2.05) is 40.7 Å². The highest BCUT2D eigenvalue weighted by Gasteiger charge is 2.33. The summed E-state index contributed by atoms with van der Waals surface area (Å²) >= 11 is 0. The van der Waals surface area contributed by atoms with Crippen molar-refractivity contribution in [3.8, 4) is 0 Å². The Morgan fingerprint density at radius 3 is 2.10 bits per heavy atom. The van der Waals surface area contributed by atoms with Gasteiger partial charge in [-0.15, -0.1) is 0 Å². The summed E-state index contributed by atoms with van der Waals surface area (Å²) in [4.78, 5) is 28.8. The molecule has 0 bridgehead atoms. The first-order chi connectivity index (χ1) is 19.3. The Morgan fingerprint density at radius 2 is 1.54 bits per heavy atom. The molecule has 0 aromatic heterocycles. The van der Waals surface area contributed by atoms with Crippen LogP contribution in [0.3, 0.4) is 0 Å². The summed E-state index contributed by atoms with van der Waals surface area (Å²) in [7, 11) is -4.15. The highest BCUT2D eigenvalue weighted by atomic mass is 32.2. The molecule has 0 unspecified atom stereocenters. The molecule has 41 heavy (non-hydrogen) atoms. The van der Waals surface area contributed by atoms with Gasteiger partial charge in [-0.3, -0.25) is 13.9 Å². The maximum atomic E-state index is 14.1. The number of hydrogen-bond acceptors (Lipinski definition) is 4. The van der Waals surface area contributed by atoms with Crippen molar-refractivity contribution in [2.45, 2.75) is 65.4 Å². The lowest BCUT2D eigenvalue weighted by Gasteiger charge is -2.33. The van der Waals surface area contributed by atoms with E-state index in [0.717, 1.165) is 21.0 Å². The first kappa shape index (κ1) is 31.8. The summed E-state index contributed by atoms with van der Waals surface area (Å²) in [6, 6.07) is 16.5. The molecule has 220 valence electrons. The van der Waals surface area contributed by atoms with Crippen molar-refractivity contribution in [3.05, 3.63) is 94.8 Å². The van der Waals surface area contributed by atoms with Gasteiger partial charge in [0.2, 0.25) is 11.8 Å². The normalized spacial score (nSPS) is 12.2. The van der Waals surface area contributed by atoms with Crippen molar-refractivity contribution in [1.29, 1.82) is 0 Å². The molecular weight excluding hydrogens is 541 g/mol. The van der Waals surface area contributed by atoms with Crippen LogP contribution in [0.1, 0.15) is 49.4 Å². The zero-order chi connectivity index (χ0) is 30.3. The average Bonchev–Trinajstić information content (AvgIpc) is 2.93. The summed E-state index contributed by atoms with van der Waals surface area (Å²) in [5.41, 5.74) is 3.73. The number of amides is 2. The van der Waals surface area contributed by atoms with E-state index in [1.165, 1.54) is 29.2 Å². The van der Waals surface area contributed by atoms with Gasteiger partial charge >= 0.3 is 0 Å². The summed E-state index contributed by atoms with van der Waals surface area (Å²) < 4.78 is 42.7. The van der Waals surface area contributed by atoms with E-state index in [1.54, 1.807) is 43.3 Å². The number of carbonyl (C=O) groups excluding carboxylic acids is 2. The fraction of sp³-hybridized carbons (Fsp3) is 0.375. The third kappa shape index (κ3) is 8.16. The van der Waals surface area contributed by atoms with Crippen molar-refractivity contribution >= 4 is 27.5 Å². The lowest BCUT2D eigenvalue weighted by atomic mass is 10.1. The highest BCUT2D eigenvalue weighted by Crippen LogP contribution is 2.27. The second-order valence-corrected chi connectivity index (χ2v) is 12.7. The third-order valence-electron chi connectivity index (χ3n) is 7.00. The van der Waals surface area contributed by atoms with Gasteiger partial charge in [-0.1, -0.05) is 56.7 Å². The average molecular weight is 582 g/mol. The van der Waals surface area contributed by atoms with Crippen LogP contribution in [0.2, 0.25) is 0 Å². The van der Waals surface area contributed by atoms with Crippen molar-refractivity contribution in [3.63, 3.8) is 0 Å². The number of sulfonamides is 1. The fourth-order valence-electron chi connectivity index (χ4n) is 4.38. The largest absolute Gasteiger partial charge is 0.354 e. The molecule has 0 radical (unpaired) electrons. The Morgan fingerprint density at radius 1 is 0.902 bits per heavy atom. The third-order valence-corrected chi connectivity index (χ3v) is 8.79. The molecule has 3 aromatic carbocycles. The number of nitrogens with zero attached hydrogens (tertiary/aromatic N) is 2. The van der Waals surface area contributed by atoms with Crippen molar-refractivity contribution in [1.82, 2.24) is 10.2 Å². The van der Waals surface area contributed by atoms with Crippen LogP contribution < -0.4 is 9.62 Å². The molecule has 0 saturated carbocycles. The van der Waals surface area contributed by atoms with Crippen molar-refractivity contribution < 1.29 is 22.4 Å². The Labute approximate surface area is 243 Å². The fourth-order valence-corrected chi connectivity index (χ4v) is 5.78. The number of aryl methyl sites for hydroxylation is 3. The van der Waals surface area contributed by atoms with Crippen molar-refractivity contribution in [2.24, 2.45) is 5.92 Å². The molecule has 0 spiro atoms. The maximum absolute atomic E-state index is 14.1. The SMILES string of the molecule is CC[C@H](C(=O)NCC(C)C)N(Cc1ccc(F)cc1)C(=O)CN(c1ccc(C)c(C)c1)S(=O)(=O)c1ccc(C)cc1. The molecule has 0 aliphatic heterocycles. The van der Waals surface area contributed by atoms with E-state index in [4.69, 9.17) is 0 Å². The Kier molecular flexibility index (Phi) is 10.7. The summed E-state index contributed by atoms with van der Waals surface area (Å²) in [6.45, 7) is 11.3. The molecule has 0 heterocycles. The molecule has 1 atom stereocenters. The van der Waals surface area contributed by atoms with Gasteiger partial charge in [0.15, 0.2) is 0 Å². The monoisotopic (exact) mass is 581 g/mol. The second-order valence-electron chi connectivity index (χ2n) is 10.8. The number of benzene rings is 3. The molecule has 1 N–H and O–H groups in total. The molecule has 0 fully saturated rings. The number of halogens is 1. The first-order valence-electron chi connectivity index (χ1n) is 13.8. The number of hydrogen-bond donors (Lipinski definition) is 1. The van der Waals surface area contributed by atoms with Crippen LogP contribution in [0.4, 0.5) is 10.1 Å². The van der Waals surface area contributed by atoms with Crippen LogP contribution in [0, 0.1) is 32.5 Å². The molecular formula is C32H40FN3O4S. The summed E-state index contributed by atoms with van der Waals surface area (Å²) in [5, 5.41) is 2.90. The standard InChI is InChI=1S/C32H40FN3O4S/c1-7-30(32(38)34-19-22(2)3)35(20-26-11-13-27(33)14-12-26)31(37)21-36(28-15-10-24(5)25(6)18-28)41(39,40)29-16-8-23(4)9-17-29/h8-18,22,30H,7,19-21H2,1-6H3,(H,34,38)/t30-/m1/s1. The first-order valence-corrected chi connectivity index (χ1v) is 15.3. The van der Waals surface area contributed by atoms with Gasteiger partial charge in [0.05, 0.1) is 10.6 Å². The van der Waals surface area contributed by atoms with E-state index in [0.29, 0.717) is 24.2 Å². The van der Waals surface area contributed by atoms with Gasteiger partial charge in [0.25, 0.3) is 10.0 Å². The van der Waals surface area contributed by atoms with E-state index in [9.17, 15) is 22.4 Å². The van der Waals surface area contributed by atoms with Gasteiger partial charge in [-0.25, -0.2) is 12.8 Å². The Hall–Kier alpha value is -3.72. The van der Waals surface area contributed by atoms with Crippen LogP contribution in [0.5, 0.6) is 0 Å². The van der Waals surface area contributed by atoms with Crippen molar-refractivity contribution in [2.75, 3.05) is 17.4 Å². The van der Waals surface area contributed by atoms with Gasteiger partial charge in [0.1, 0.15) is 18.4 Å². The summed E-state index contributed by atoms with van der Waals surface area (Å²) in [5.74, 6) is -1.08. The van der Waals surface area contributed by atoms with E-state index in [2.05, 4.69) is 5.32 Å². The highest BCUT2D eigenvalue weighted by molar-refractivity contribution is 7.92. The maximum Gasteiger partial charge on any atom is 0.264 e. The lowest BCUT2D eigenvalue weighted by Crippen LogP contribution is -2.52. The Balaban J connectivity index is 2.06. The zero-order valence-corrected chi connectivity index (χ0v) is 25.5. The van der Waals surface area contributed by atoms with Crippen LogP contribution in [-0.4, -0.2) is 44.3 Å². The topological polar surface area (TPSA) is 86.8 Å². The molecule has 0 aliphatic rings. The Bertz CT molecular complexity index is 1460. The minimum Gasteiger partial charge on any atom is -0.354 e. The smallest absolute Gasteiger partial charge is 0.264 e. The number of carbonyl (C=O) groups is 2. The molecule has 2 amide bonds. The number of rotatable bonds is 12. The molecule has 7 nitrogen and oxygen atoms in total. The minimum atomic E-state index is -4.15. The van der Waals surface area contributed by atoms with Crippen LogP contribution in [0.15, 0.2) is 71.6 Å². The molecule has 0 saturated heterocycles. The zero-order valence-electron chi connectivity index (χ0n) is 24.6. The van der Waals surface area contributed by atoms with Gasteiger partial charge in [0, 0.05) is 13.1 Å². The van der Waals surface area contributed by atoms with Gasteiger partial charge in [-0.2, -0.15) is 0 Å². The van der Waals surface area contributed by atoms with E-state index < -0.39 is 34.3 Å². The molecule has 0 aliphatic carbocycles. The van der Waals surface area contributed by atoms with E-state index >= 15 is 0 Å². The molecule has 9 heteroatoms. The quantitative estimate of drug-likeness (QED) is 0.305. The van der Waals surface area contributed by atoms with Gasteiger partial charge in [-0.05, 0) is 86.2 Å². The minimum absolute atomic E-state index is 0.0120. The van der Waals surface area contributed by atoms with Crippen LogP contribution in [0.25, 0.3) is 0 Å². The predicted octanol–water partition coefficient (Wildman–Crippen LogP) is 5.53. The summed E-state index contributed by atoms with van der Waals surface area (Å²) in [6.07, 6.45) is 0.311. The van der Waals surface area contributed by atoms with Gasteiger partial charge < -0.3 is 10.2 Å². The van der Waals surface area contributed by atoms with E-state index in [-0.39, 0.29) is 23.3 Å².